The number of piperazine rings is 1. The van der Waals surface area contributed by atoms with Crippen LogP contribution < -0.4 is 16.0 Å². The largest absolute Gasteiger partial charge is 0.382 e. The molecule has 0 unspecified atom stereocenters. The molecule has 0 aromatic carbocycles. The van der Waals surface area contributed by atoms with Gasteiger partial charge in [-0.1, -0.05) is 11.3 Å². The third-order valence-electron chi connectivity index (χ3n) is 4.04. The molecule has 1 saturated heterocycles. The van der Waals surface area contributed by atoms with Gasteiger partial charge in [-0.15, -0.1) is 0 Å². The van der Waals surface area contributed by atoms with Gasteiger partial charge in [0.2, 0.25) is 0 Å². The average Bonchev–Trinajstić information content (AvgIpc) is 2.98. The van der Waals surface area contributed by atoms with E-state index in [2.05, 4.69) is 34.1 Å². The first-order valence-electron chi connectivity index (χ1n) is 6.99. The summed E-state index contributed by atoms with van der Waals surface area (Å²) in [6.07, 6.45) is 2.09. The number of hydrogen-bond donors (Lipinski definition) is 2. The molecule has 1 aliphatic carbocycles. The minimum atomic E-state index is -0.0830. The highest BCUT2D eigenvalue weighted by Gasteiger charge is 2.39. The minimum absolute atomic E-state index is 0.0263. The fraction of sp³-hybridized carbons (Fsp3) is 0.692. The van der Waals surface area contributed by atoms with E-state index < -0.39 is 0 Å². The van der Waals surface area contributed by atoms with Gasteiger partial charge in [-0.3, -0.25) is 4.79 Å². The van der Waals surface area contributed by atoms with Crippen molar-refractivity contribution in [3.63, 3.8) is 0 Å². The van der Waals surface area contributed by atoms with E-state index >= 15 is 0 Å². The normalized spacial score (nSPS) is 21.8. The van der Waals surface area contributed by atoms with Crippen molar-refractivity contribution >= 4 is 28.2 Å². The standard InChI is InChI=1S/C13H21N5OS/c1-13(3-4-13)16-11(19)9-10(14)15-12(20-9)18-7-5-17(2)6-8-18/h3-8,14H2,1-2H3,(H,16,19). The quantitative estimate of drug-likeness (QED) is 0.861. The topological polar surface area (TPSA) is 74.5 Å². The number of thiazole rings is 1. The van der Waals surface area contributed by atoms with Gasteiger partial charge in [0, 0.05) is 31.7 Å². The molecule has 1 saturated carbocycles. The van der Waals surface area contributed by atoms with Gasteiger partial charge in [-0.25, -0.2) is 4.98 Å². The number of nitrogen functional groups attached to an aromatic ring is 1. The molecule has 7 heteroatoms. The molecule has 1 aromatic rings. The molecule has 0 atom stereocenters. The Morgan fingerprint density at radius 2 is 2.00 bits per heavy atom. The van der Waals surface area contributed by atoms with Gasteiger partial charge < -0.3 is 20.9 Å². The number of likely N-dealkylation sites (N-methyl/N-ethyl adjacent to an activating group) is 1. The number of rotatable bonds is 3. The Hall–Kier alpha value is -1.34. The molecule has 1 amide bonds. The van der Waals surface area contributed by atoms with Gasteiger partial charge in [-0.2, -0.15) is 0 Å². The summed E-state index contributed by atoms with van der Waals surface area (Å²) >= 11 is 1.40. The second kappa shape index (κ2) is 4.89. The Labute approximate surface area is 123 Å². The summed E-state index contributed by atoms with van der Waals surface area (Å²) in [7, 11) is 2.11. The first kappa shape index (κ1) is 13.6. The zero-order valence-electron chi connectivity index (χ0n) is 12.0. The zero-order valence-corrected chi connectivity index (χ0v) is 12.8. The Morgan fingerprint density at radius 1 is 1.35 bits per heavy atom. The smallest absolute Gasteiger partial charge is 0.265 e. The third kappa shape index (κ3) is 2.73. The monoisotopic (exact) mass is 295 g/mol. The molecule has 1 aliphatic heterocycles. The van der Waals surface area contributed by atoms with E-state index in [-0.39, 0.29) is 11.4 Å². The van der Waals surface area contributed by atoms with Crippen LogP contribution in [0.2, 0.25) is 0 Å². The molecule has 1 aromatic heterocycles. The van der Waals surface area contributed by atoms with E-state index in [1.165, 1.54) is 11.3 Å². The Bertz CT molecular complexity index is 517. The number of nitrogens with two attached hydrogens (primary N) is 1. The Kier molecular flexibility index (Phi) is 3.33. The van der Waals surface area contributed by atoms with Gasteiger partial charge in [0.15, 0.2) is 5.13 Å². The van der Waals surface area contributed by atoms with Gasteiger partial charge >= 0.3 is 0 Å². The van der Waals surface area contributed by atoms with E-state index in [1.54, 1.807) is 0 Å². The average molecular weight is 295 g/mol. The summed E-state index contributed by atoms with van der Waals surface area (Å²) in [5.74, 6) is 0.269. The molecule has 6 nitrogen and oxygen atoms in total. The fourth-order valence-electron chi connectivity index (χ4n) is 2.26. The molecule has 20 heavy (non-hydrogen) atoms. The third-order valence-corrected chi connectivity index (χ3v) is 5.17. The Morgan fingerprint density at radius 3 is 2.60 bits per heavy atom. The highest BCUT2D eigenvalue weighted by Crippen LogP contribution is 2.36. The van der Waals surface area contributed by atoms with E-state index in [4.69, 9.17) is 5.73 Å². The number of nitrogens with one attached hydrogen (secondary N) is 1. The molecular formula is C13H21N5OS. The SMILES string of the molecule is CN1CCN(c2nc(N)c(C(=O)NC3(C)CC3)s2)CC1. The number of aromatic nitrogens is 1. The van der Waals surface area contributed by atoms with Crippen LogP contribution in [0.25, 0.3) is 0 Å². The summed E-state index contributed by atoms with van der Waals surface area (Å²) in [6, 6.07) is 0. The summed E-state index contributed by atoms with van der Waals surface area (Å²) in [6.45, 7) is 5.95. The molecule has 0 spiro atoms. The van der Waals surface area contributed by atoms with E-state index in [0.717, 1.165) is 44.2 Å². The molecule has 110 valence electrons. The van der Waals surface area contributed by atoms with Crippen molar-refractivity contribution in [2.24, 2.45) is 0 Å². The molecule has 2 aliphatic rings. The van der Waals surface area contributed by atoms with Crippen LogP contribution in [0.3, 0.4) is 0 Å². The van der Waals surface area contributed by atoms with Crippen LogP contribution in [0.15, 0.2) is 0 Å². The van der Waals surface area contributed by atoms with Gasteiger partial charge in [0.1, 0.15) is 10.7 Å². The molecule has 0 radical (unpaired) electrons. The maximum Gasteiger partial charge on any atom is 0.265 e. The van der Waals surface area contributed by atoms with E-state index in [1.807, 2.05) is 0 Å². The number of anilines is 2. The second-order valence-corrected chi connectivity index (χ2v) is 6.99. The number of nitrogens with zero attached hydrogens (tertiary/aromatic N) is 3. The van der Waals surface area contributed by atoms with Gasteiger partial charge in [0.05, 0.1) is 0 Å². The van der Waals surface area contributed by atoms with Crippen LogP contribution in [-0.2, 0) is 0 Å². The lowest BCUT2D eigenvalue weighted by molar-refractivity contribution is 0.0940. The van der Waals surface area contributed by atoms with Gasteiger partial charge in [-0.05, 0) is 26.8 Å². The van der Waals surface area contributed by atoms with E-state index in [9.17, 15) is 4.79 Å². The molecule has 3 N–H and O–H groups in total. The van der Waals surface area contributed by atoms with Crippen molar-refractivity contribution in [1.82, 2.24) is 15.2 Å². The van der Waals surface area contributed by atoms with Crippen molar-refractivity contribution in [1.29, 1.82) is 0 Å². The maximum absolute atomic E-state index is 12.2. The predicted molar refractivity (Wildman–Crippen MR) is 81.3 cm³/mol. The van der Waals surface area contributed by atoms with Crippen LogP contribution >= 0.6 is 11.3 Å². The number of carbonyl (C=O) groups is 1. The Balaban J connectivity index is 1.71. The number of carbonyl (C=O) groups excluding carboxylic acids is 1. The highest BCUT2D eigenvalue weighted by molar-refractivity contribution is 7.18. The van der Waals surface area contributed by atoms with Crippen molar-refractivity contribution < 1.29 is 4.79 Å². The number of amides is 1. The lowest BCUT2D eigenvalue weighted by atomic mass is 10.3. The lowest BCUT2D eigenvalue weighted by Crippen LogP contribution is -2.44. The first-order valence-corrected chi connectivity index (χ1v) is 7.81. The van der Waals surface area contributed by atoms with Crippen LogP contribution in [0.4, 0.5) is 10.9 Å². The van der Waals surface area contributed by atoms with Crippen LogP contribution in [0, 0.1) is 0 Å². The first-order chi connectivity index (χ1) is 9.47. The van der Waals surface area contributed by atoms with Gasteiger partial charge in [0.25, 0.3) is 5.91 Å². The fourth-order valence-corrected chi connectivity index (χ4v) is 3.19. The number of hydrogen-bond acceptors (Lipinski definition) is 6. The van der Waals surface area contributed by atoms with Crippen molar-refractivity contribution in [3.05, 3.63) is 4.88 Å². The summed E-state index contributed by atoms with van der Waals surface area (Å²) in [5.41, 5.74) is 5.89. The van der Waals surface area contributed by atoms with Crippen LogP contribution in [0.1, 0.15) is 29.4 Å². The maximum atomic E-state index is 12.2. The minimum Gasteiger partial charge on any atom is -0.382 e. The zero-order chi connectivity index (χ0) is 14.3. The van der Waals surface area contributed by atoms with Crippen molar-refractivity contribution in [3.8, 4) is 0 Å². The summed E-state index contributed by atoms with van der Waals surface area (Å²) < 4.78 is 0. The van der Waals surface area contributed by atoms with Crippen molar-refractivity contribution in [2.75, 3.05) is 43.9 Å². The summed E-state index contributed by atoms with van der Waals surface area (Å²) in [4.78, 5) is 21.6. The van der Waals surface area contributed by atoms with E-state index in [0.29, 0.717) is 10.7 Å². The molecule has 2 heterocycles. The molecule has 0 bridgehead atoms. The van der Waals surface area contributed by atoms with Crippen molar-refractivity contribution in [2.45, 2.75) is 25.3 Å². The summed E-state index contributed by atoms with van der Waals surface area (Å²) in [5, 5.41) is 3.90. The second-order valence-electron chi connectivity index (χ2n) is 6.02. The molecular weight excluding hydrogens is 274 g/mol. The molecule has 3 rings (SSSR count). The molecule has 2 fully saturated rings. The lowest BCUT2D eigenvalue weighted by Gasteiger charge is -2.31. The van der Waals surface area contributed by atoms with Crippen LogP contribution in [0.5, 0.6) is 0 Å². The van der Waals surface area contributed by atoms with Crippen LogP contribution in [-0.4, -0.2) is 54.6 Å². The highest BCUT2D eigenvalue weighted by atomic mass is 32.1. The predicted octanol–water partition coefficient (Wildman–Crippen LogP) is 0.759.